The first-order chi connectivity index (χ1) is 12.2. The molecule has 0 saturated carbocycles. The van der Waals surface area contributed by atoms with Crippen molar-refractivity contribution < 1.29 is 9.53 Å². The normalized spacial score (nSPS) is 20.9. The summed E-state index contributed by atoms with van der Waals surface area (Å²) in [6.07, 6.45) is 0.878. The summed E-state index contributed by atoms with van der Waals surface area (Å²) < 4.78 is 5.23. The Labute approximate surface area is 149 Å². The highest BCUT2D eigenvalue weighted by molar-refractivity contribution is 5.81. The monoisotopic (exact) mass is 338 g/mol. The van der Waals surface area contributed by atoms with Gasteiger partial charge >= 0.3 is 0 Å². The highest BCUT2D eigenvalue weighted by Gasteiger charge is 2.34. The lowest BCUT2D eigenvalue weighted by atomic mass is 9.88. The van der Waals surface area contributed by atoms with Crippen molar-refractivity contribution in [2.75, 3.05) is 20.2 Å². The number of hydrogen-bond acceptors (Lipinski definition) is 3. The number of benzene rings is 2. The van der Waals surface area contributed by atoms with Crippen molar-refractivity contribution in [3.05, 3.63) is 65.7 Å². The first-order valence-electron chi connectivity index (χ1n) is 8.93. The highest BCUT2D eigenvalue weighted by atomic mass is 16.5. The van der Waals surface area contributed by atoms with Gasteiger partial charge in [0.05, 0.1) is 19.1 Å². The predicted octanol–water partition coefficient (Wildman–Crippen LogP) is 3.27. The van der Waals surface area contributed by atoms with Crippen LogP contribution in [0.25, 0.3) is 0 Å². The van der Waals surface area contributed by atoms with E-state index in [9.17, 15) is 4.79 Å². The molecular weight excluding hydrogens is 312 g/mol. The zero-order valence-electron chi connectivity index (χ0n) is 14.9. The molecule has 0 aromatic heterocycles. The molecular formula is C21H26N2O2. The van der Waals surface area contributed by atoms with E-state index in [1.165, 1.54) is 5.56 Å². The van der Waals surface area contributed by atoms with E-state index >= 15 is 0 Å². The number of amides is 1. The molecule has 1 fully saturated rings. The van der Waals surface area contributed by atoms with Crippen LogP contribution in [0.15, 0.2) is 54.6 Å². The lowest BCUT2D eigenvalue weighted by Crippen LogP contribution is -2.36. The molecule has 0 bridgehead atoms. The smallest absolute Gasteiger partial charge is 0.225 e. The summed E-state index contributed by atoms with van der Waals surface area (Å²) in [5.74, 6) is 1.11. The zero-order chi connectivity index (χ0) is 17.6. The minimum absolute atomic E-state index is 0.0499. The predicted molar refractivity (Wildman–Crippen MR) is 99.7 cm³/mol. The van der Waals surface area contributed by atoms with E-state index in [1.807, 2.05) is 30.3 Å². The lowest BCUT2D eigenvalue weighted by Gasteiger charge is -2.23. The van der Waals surface area contributed by atoms with E-state index in [-0.39, 0.29) is 23.8 Å². The SMILES string of the molecule is CCC(NC(=O)C1CNCC1c1ccc(OC)cc1)c1ccccc1. The highest BCUT2D eigenvalue weighted by Crippen LogP contribution is 2.30. The summed E-state index contributed by atoms with van der Waals surface area (Å²) in [4.78, 5) is 12.9. The maximum Gasteiger partial charge on any atom is 0.225 e. The van der Waals surface area contributed by atoms with Crippen LogP contribution in [-0.4, -0.2) is 26.1 Å². The fourth-order valence-corrected chi connectivity index (χ4v) is 3.54. The van der Waals surface area contributed by atoms with Gasteiger partial charge < -0.3 is 15.4 Å². The van der Waals surface area contributed by atoms with Gasteiger partial charge in [-0.3, -0.25) is 4.79 Å². The Balaban J connectivity index is 1.71. The molecule has 1 aliphatic heterocycles. The van der Waals surface area contributed by atoms with Crippen molar-refractivity contribution in [2.45, 2.75) is 25.3 Å². The van der Waals surface area contributed by atoms with Crippen LogP contribution in [0.1, 0.15) is 36.4 Å². The average molecular weight is 338 g/mol. The van der Waals surface area contributed by atoms with Gasteiger partial charge in [-0.25, -0.2) is 0 Å². The van der Waals surface area contributed by atoms with Crippen LogP contribution in [-0.2, 0) is 4.79 Å². The minimum Gasteiger partial charge on any atom is -0.497 e. The molecule has 4 heteroatoms. The summed E-state index contributed by atoms with van der Waals surface area (Å²) >= 11 is 0. The summed E-state index contributed by atoms with van der Waals surface area (Å²) in [6.45, 7) is 3.64. The summed E-state index contributed by atoms with van der Waals surface area (Å²) in [7, 11) is 1.66. The summed E-state index contributed by atoms with van der Waals surface area (Å²) in [6, 6.07) is 18.3. The topological polar surface area (TPSA) is 50.4 Å². The fourth-order valence-electron chi connectivity index (χ4n) is 3.54. The molecule has 1 amide bonds. The second-order valence-electron chi connectivity index (χ2n) is 6.52. The van der Waals surface area contributed by atoms with Gasteiger partial charge in [-0.2, -0.15) is 0 Å². The molecule has 3 rings (SSSR count). The third-order valence-corrected chi connectivity index (χ3v) is 5.02. The minimum atomic E-state index is -0.0499. The Bertz CT molecular complexity index is 685. The Morgan fingerprint density at radius 2 is 1.88 bits per heavy atom. The third-order valence-electron chi connectivity index (χ3n) is 5.02. The third kappa shape index (κ3) is 4.02. The lowest BCUT2D eigenvalue weighted by molar-refractivity contribution is -0.125. The van der Waals surface area contributed by atoms with E-state index in [4.69, 9.17) is 4.74 Å². The number of methoxy groups -OCH3 is 1. The molecule has 2 aromatic rings. The second kappa shape index (κ2) is 8.17. The van der Waals surface area contributed by atoms with Crippen molar-refractivity contribution in [1.82, 2.24) is 10.6 Å². The van der Waals surface area contributed by atoms with Crippen molar-refractivity contribution in [2.24, 2.45) is 5.92 Å². The first kappa shape index (κ1) is 17.5. The Morgan fingerprint density at radius 1 is 1.16 bits per heavy atom. The summed E-state index contributed by atoms with van der Waals surface area (Å²) in [5.41, 5.74) is 2.34. The molecule has 0 aliphatic carbocycles. The van der Waals surface area contributed by atoms with E-state index in [0.717, 1.165) is 24.3 Å². The standard InChI is InChI=1S/C21H26N2O2/c1-3-20(16-7-5-4-6-8-16)23-21(24)19-14-22-13-18(19)15-9-11-17(25-2)12-10-15/h4-12,18-20,22H,3,13-14H2,1-2H3,(H,23,24). The Hall–Kier alpha value is -2.33. The molecule has 1 saturated heterocycles. The van der Waals surface area contributed by atoms with Crippen molar-refractivity contribution >= 4 is 5.91 Å². The van der Waals surface area contributed by atoms with E-state index in [1.54, 1.807) is 7.11 Å². The molecule has 0 radical (unpaired) electrons. The number of rotatable bonds is 6. The number of carbonyl (C=O) groups is 1. The molecule has 2 N–H and O–H groups in total. The molecule has 1 aliphatic rings. The number of ether oxygens (including phenoxy) is 1. The molecule has 3 unspecified atom stereocenters. The maximum absolute atomic E-state index is 12.9. The molecule has 2 aromatic carbocycles. The van der Waals surface area contributed by atoms with Crippen LogP contribution >= 0.6 is 0 Å². The van der Waals surface area contributed by atoms with Gasteiger partial charge in [0, 0.05) is 19.0 Å². The van der Waals surface area contributed by atoms with Crippen molar-refractivity contribution in [1.29, 1.82) is 0 Å². The molecule has 3 atom stereocenters. The van der Waals surface area contributed by atoms with Gasteiger partial charge in [-0.1, -0.05) is 49.4 Å². The fraction of sp³-hybridized carbons (Fsp3) is 0.381. The van der Waals surface area contributed by atoms with Gasteiger partial charge in [0.1, 0.15) is 5.75 Å². The van der Waals surface area contributed by atoms with Crippen molar-refractivity contribution in [3.8, 4) is 5.75 Å². The van der Waals surface area contributed by atoms with Gasteiger partial charge in [-0.15, -0.1) is 0 Å². The van der Waals surface area contributed by atoms with Crippen LogP contribution in [0.5, 0.6) is 5.75 Å². The number of carbonyl (C=O) groups excluding carboxylic acids is 1. The van der Waals surface area contributed by atoms with Crippen LogP contribution < -0.4 is 15.4 Å². The van der Waals surface area contributed by atoms with Gasteiger partial charge in [0.25, 0.3) is 0 Å². The quantitative estimate of drug-likeness (QED) is 0.850. The average Bonchev–Trinajstić information content (AvgIpc) is 3.16. The largest absolute Gasteiger partial charge is 0.497 e. The molecule has 0 spiro atoms. The number of nitrogens with one attached hydrogen (secondary N) is 2. The molecule has 1 heterocycles. The van der Waals surface area contributed by atoms with Gasteiger partial charge in [0.2, 0.25) is 5.91 Å². The summed E-state index contributed by atoms with van der Waals surface area (Å²) in [5, 5.41) is 6.61. The Morgan fingerprint density at radius 3 is 2.52 bits per heavy atom. The van der Waals surface area contributed by atoms with E-state index < -0.39 is 0 Å². The number of hydrogen-bond donors (Lipinski definition) is 2. The van der Waals surface area contributed by atoms with Crippen LogP contribution in [0.4, 0.5) is 0 Å². The molecule has 4 nitrogen and oxygen atoms in total. The second-order valence-corrected chi connectivity index (χ2v) is 6.52. The van der Waals surface area contributed by atoms with Crippen LogP contribution in [0, 0.1) is 5.92 Å². The van der Waals surface area contributed by atoms with Gasteiger partial charge in [0.15, 0.2) is 0 Å². The molecule has 25 heavy (non-hydrogen) atoms. The van der Waals surface area contributed by atoms with E-state index in [2.05, 4.69) is 41.8 Å². The van der Waals surface area contributed by atoms with Gasteiger partial charge in [-0.05, 0) is 29.7 Å². The molecule has 132 valence electrons. The van der Waals surface area contributed by atoms with Crippen LogP contribution in [0.2, 0.25) is 0 Å². The first-order valence-corrected chi connectivity index (χ1v) is 8.93. The van der Waals surface area contributed by atoms with Crippen molar-refractivity contribution in [3.63, 3.8) is 0 Å². The van der Waals surface area contributed by atoms with E-state index in [0.29, 0.717) is 6.54 Å². The van der Waals surface area contributed by atoms with Crippen LogP contribution in [0.3, 0.4) is 0 Å². The maximum atomic E-state index is 12.9. The Kier molecular flexibility index (Phi) is 5.71. The zero-order valence-corrected chi connectivity index (χ0v) is 14.9.